The number of nitrogens with one attached hydrogen (secondary N) is 4. The molecule has 6 heterocycles. The molecule has 4 N–H and O–H groups in total. The lowest BCUT2D eigenvalue weighted by atomic mass is 10.0. The molecule has 0 bridgehead atoms. The Hall–Kier alpha value is -6.04. The zero-order chi connectivity index (χ0) is 35.6. The first-order valence-corrected chi connectivity index (χ1v) is 17.8. The van der Waals surface area contributed by atoms with E-state index in [-0.39, 0.29) is 23.9 Å². The van der Waals surface area contributed by atoms with Gasteiger partial charge in [-0.1, -0.05) is 60.7 Å². The van der Waals surface area contributed by atoms with Crippen molar-refractivity contribution >= 4 is 23.0 Å². The maximum atomic E-state index is 13.2. The van der Waals surface area contributed by atoms with Crippen LogP contribution in [0.15, 0.2) is 109 Å². The third kappa shape index (κ3) is 6.59. The number of aromatic nitrogens is 4. The van der Waals surface area contributed by atoms with E-state index in [9.17, 15) is 9.59 Å². The van der Waals surface area contributed by atoms with Crippen LogP contribution in [0.5, 0.6) is 0 Å². The lowest BCUT2D eigenvalue weighted by Gasteiger charge is -2.39. The predicted octanol–water partition coefficient (Wildman–Crippen LogP) is 5.71. The number of benzene rings is 2. The minimum Gasteiger partial charge on any atom is -0.340 e. The van der Waals surface area contributed by atoms with E-state index >= 15 is 0 Å². The van der Waals surface area contributed by atoms with E-state index < -0.39 is 0 Å². The van der Waals surface area contributed by atoms with Crippen LogP contribution in [0, 0.1) is 12.8 Å². The van der Waals surface area contributed by atoms with Gasteiger partial charge in [0, 0.05) is 42.8 Å². The number of carbonyl (C=O) groups is 2. The summed E-state index contributed by atoms with van der Waals surface area (Å²) in [5, 5.41) is 3.80. The Labute approximate surface area is 303 Å². The molecule has 4 aliphatic heterocycles. The highest BCUT2D eigenvalue weighted by Crippen LogP contribution is 2.35. The topological polar surface area (TPSA) is 129 Å². The Morgan fingerprint density at radius 2 is 1.29 bits per heavy atom. The standard InChI is InChI=1S/C40H42N10O2/c1-27-28(2)50(44-24-32(27)34-26-42-40(46-34)36-16-10-19-48(36)38(52)22-30-13-7-4-8-14-30)49-20-17-31(23-43-49)33-25-41-39(45-33)35-15-9-18-47(35)37(51)21-29-11-5-3-6-12-29/h3-8,11-14,17,20-26,35-36,43-44H,9-10,15-16,18-19H2,1-2H3,(H,41,45)(H,42,46)/t35?,36-/m0/s1. The number of rotatable bonds is 9. The third-order valence-corrected chi connectivity index (χ3v) is 10.2. The van der Waals surface area contributed by atoms with Crippen molar-refractivity contribution in [2.75, 3.05) is 13.1 Å². The van der Waals surface area contributed by atoms with Crippen LogP contribution in [0.3, 0.4) is 0 Å². The van der Waals surface area contributed by atoms with Crippen molar-refractivity contribution in [2.24, 2.45) is 0 Å². The van der Waals surface area contributed by atoms with E-state index in [0.717, 1.165) is 82.3 Å². The van der Waals surface area contributed by atoms with Gasteiger partial charge in [-0.25, -0.2) is 9.97 Å². The highest BCUT2D eigenvalue weighted by molar-refractivity contribution is 5.89. The van der Waals surface area contributed by atoms with E-state index in [1.165, 1.54) is 0 Å². The zero-order valence-corrected chi connectivity index (χ0v) is 29.3. The van der Waals surface area contributed by atoms with Gasteiger partial charge >= 0.3 is 0 Å². The summed E-state index contributed by atoms with van der Waals surface area (Å²) in [5.74, 6) is 1.60. The molecular weight excluding hydrogens is 653 g/mol. The fourth-order valence-electron chi connectivity index (χ4n) is 7.33. The molecule has 2 radical (unpaired) electrons. The number of carbonyl (C=O) groups excluding carboxylic acids is 2. The molecule has 2 aromatic carbocycles. The van der Waals surface area contributed by atoms with E-state index in [1.54, 1.807) is 12.8 Å². The van der Waals surface area contributed by atoms with Crippen molar-refractivity contribution < 1.29 is 9.59 Å². The maximum absolute atomic E-state index is 13.2. The van der Waals surface area contributed by atoms with Crippen LogP contribution in [0.25, 0.3) is 11.1 Å². The summed E-state index contributed by atoms with van der Waals surface area (Å²) in [4.78, 5) is 46.6. The van der Waals surface area contributed by atoms with Crippen LogP contribution >= 0.6 is 0 Å². The molecule has 2 atom stereocenters. The first-order valence-electron chi connectivity index (χ1n) is 17.8. The first kappa shape index (κ1) is 33.1. The van der Waals surface area contributed by atoms with E-state index in [2.05, 4.69) is 34.7 Å². The van der Waals surface area contributed by atoms with Crippen molar-refractivity contribution in [2.45, 2.75) is 51.6 Å². The number of H-pyrrole nitrogens is 2. The summed E-state index contributed by atoms with van der Waals surface area (Å²) in [5.41, 5.74) is 14.3. The summed E-state index contributed by atoms with van der Waals surface area (Å²) in [6.07, 6.45) is 18.6. The Morgan fingerprint density at radius 3 is 1.85 bits per heavy atom. The average Bonchev–Trinajstić information content (AvgIpc) is 4.01. The van der Waals surface area contributed by atoms with Gasteiger partial charge in [-0.15, -0.1) is 0 Å². The van der Waals surface area contributed by atoms with Crippen molar-refractivity contribution in [3.05, 3.63) is 156 Å². The van der Waals surface area contributed by atoms with E-state index in [1.807, 2.05) is 118 Å². The Bertz CT molecular complexity index is 2060. The summed E-state index contributed by atoms with van der Waals surface area (Å²) < 4.78 is 0. The lowest BCUT2D eigenvalue weighted by molar-refractivity contribution is -0.129. The quantitative estimate of drug-likeness (QED) is 0.176. The number of amides is 2. The van der Waals surface area contributed by atoms with Crippen LogP contribution in [0.4, 0.5) is 0 Å². The second-order valence-corrected chi connectivity index (χ2v) is 13.5. The summed E-state index contributed by atoms with van der Waals surface area (Å²) >= 11 is 0. The number of imidazole rings is 2. The molecule has 2 aromatic heterocycles. The van der Waals surface area contributed by atoms with Gasteiger partial charge in [-0.2, -0.15) is 10.2 Å². The number of hydrogen-bond acceptors (Lipinski definition) is 8. The van der Waals surface area contributed by atoms with Gasteiger partial charge in [-0.3, -0.25) is 20.4 Å². The molecule has 8 rings (SSSR count). The van der Waals surface area contributed by atoms with E-state index in [0.29, 0.717) is 13.1 Å². The Morgan fingerprint density at radius 1 is 0.731 bits per heavy atom. The van der Waals surface area contributed by atoms with Gasteiger partial charge < -0.3 is 19.8 Å². The predicted molar refractivity (Wildman–Crippen MR) is 198 cm³/mol. The smallest absolute Gasteiger partial charge is 0.231 e. The summed E-state index contributed by atoms with van der Waals surface area (Å²) in [7, 11) is 0. The van der Waals surface area contributed by atoms with Crippen molar-refractivity contribution in [1.29, 1.82) is 0 Å². The fourth-order valence-corrected chi connectivity index (χ4v) is 7.33. The van der Waals surface area contributed by atoms with Gasteiger partial charge in [0.15, 0.2) is 0 Å². The number of hydrazine groups is 3. The highest BCUT2D eigenvalue weighted by atomic mass is 16.2. The number of aromatic amines is 2. The van der Waals surface area contributed by atoms with Crippen LogP contribution in [0.2, 0.25) is 0 Å². The number of hydrogen-bond donors (Lipinski definition) is 4. The van der Waals surface area contributed by atoms with Crippen LogP contribution in [-0.2, 0) is 9.59 Å². The number of likely N-dealkylation sites (tertiary alicyclic amines) is 2. The highest BCUT2D eigenvalue weighted by Gasteiger charge is 2.34. The monoisotopic (exact) mass is 694 g/mol. The largest absolute Gasteiger partial charge is 0.340 e. The zero-order valence-electron chi connectivity index (χ0n) is 29.3. The van der Waals surface area contributed by atoms with Gasteiger partial charge in [0.05, 0.1) is 54.4 Å². The molecule has 12 nitrogen and oxygen atoms in total. The second-order valence-electron chi connectivity index (χ2n) is 13.5. The lowest BCUT2D eigenvalue weighted by Crippen LogP contribution is -2.52. The van der Waals surface area contributed by atoms with Crippen LogP contribution in [0.1, 0.15) is 85.8 Å². The minimum absolute atomic E-state index is 0.00363. The fraction of sp³-hybridized carbons (Fsp3) is 0.250. The molecule has 0 aliphatic carbocycles. The molecule has 52 heavy (non-hydrogen) atoms. The first-order chi connectivity index (χ1) is 25.4. The molecule has 0 spiro atoms. The van der Waals surface area contributed by atoms with Crippen molar-refractivity contribution in [3.8, 4) is 0 Å². The SMILES string of the molecule is CC1=C(C)N(N2C=CC(c3cnc(C4CCCN4C(=O)[CH]c4ccccc4)[nH]3)=CN2)NC=C1c1cnc([C@@H]2CCCN2C(=O)[CH]c2ccccc2)[nH]1. The average molecular weight is 695 g/mol. The van der Waals surface area contributed by atoms with Crippen LogP contribution in [-0.4, -0.2) is 64.9 Å². The Kier molecular flexibility index (Phi) is 9.11. The molecule has 1 unspecified atom stereocenters. The molecule has 0 saturated carbocycles. The third-order valence-electron chi connectivity index (χ3n) is 10.2. The number of nitrogens with zero attached hydrogens (tertiary/aromatic N) is 6. The second kappa shape index (κ2) is 14.3. The molecule has 264 valence electrons. The van der Waals surface area contributed by atoms with Crippen LogP contribution < -0.4 is 10.9 Å². The maximum Gasteiger partial charge on any atom is 0.231 e. The molecule has 2 saturated heterocycles. The van der Waals surface area contributed by atoms with Gasteiger partial charge in [0.1, 0.15) is 11.6 Å². The number of allylic oxidation sites excluding steroid dienone is 5. The minimum atomic E-state index is -0.0902. The van der Waals surface area contributed by atoms with Crippen molar-refractivity contribution in [1.82, 2.24) is 50.8 Å². The van der Waals surface area contributed by atoms with Gasteiger partial charge in [0.2, 0.25) is 11.8 Å². The van der Waals surface area contributed by atoms with Gasteiger partial charge in [0.25, 0.3) is 0 Å². The molecule has 2 amide bonds. The molecule has 4 aromatic rings. The normalized spacial score (nSPS) is 20.2. The van der Waals surface area contributed by atoms with Crippen molar-refractivity contribution in [3.63, 3.8) is 0 Å². The summed E-state index contributed by atoms with van der Waals surface area (Å²) in [6.45, 7) is 5.57. The molecular formula is C40H42N10O2. The molecule has 2 fully saturated rings. The van der Waals surface area contributed by atoms with Gasteiger partial charge in [-0.05, 0) is 62.3 Å². The van der Waals surface area contributed by atoms with E-state index in [4.69, 9.17) is 9.97 Å². The molecule has 4 aliphatic rings. The molecule has 12 heteroatoms. The Balaban J connectivity index is 0.894. The summed E-state index contributed by atoms with van der Waals surface area (Å²) in [6, 6.07) is 19.2.